The van der Waals surface area contributed by atoms with E-state index in [9.17, 15) is 25.2 Å². The van der Waals surface area contributed by atoms with Crippen LogP contribution in [-0.4, -0.2) is 57.3 Å². The minimum absolute atomic E-state index is 0.343. The molecule has 0 spiro atoms. The Kier molecular flexibility index (Phi) is 48.9. The van der Waals surface area contributed by atoms with Gasteiger partial charge in [-0.3, -0.25) is 4.79 Å². The molecular formula is C56H105NO5. The zero-order valence-electron chi connectivity index (χ0n) is 41.1. The zero-order chi connectivity index (χ0) is 45.2. The molecule has 364 valence electrons. The van der Waals surface area contributed by atoms with Crippen molar-refractivity contribution in [3.8, 4) is 0 Å². The molecule has 4 atom stereocenters. The second kappa shape index (κ2) is 50.3. The molecule has 0 aromatic rings. The van der Waals surface area contributed by atoms with Crippen LogP contribution in [0.2, 0.25) is 0 Å². The number of aliphatic hydroxyl groups is 4. The smallest absolute Gasteiger partial charge is 0.249 e. The van der Waals surface area contributed by atoms with Gasteiger partial charge >= 0.3 is 0 Å². The molecule has 5 N–H and O–H groups in total. The predicted molar refractivity (Wildman–Crippen MR) is 270 cm³/mol. The van der Waals surface area contributed by atoms with E-state index in [2.05, 4.69) is 67.8 Å². The van der Waals surface area contributed by atoms with Crippen LogP contribution in [0.3, 0.4) is 0 Å². The Labute approximate surface area is 385 Å². The molecule has 0 aliphatic carbocycles. The van der Waals surface area contributed by atoms with Crippen LogP contribution in [0.15, 0.2) is 48.6 Å². The highest BCUT2D eigenvalue weighted by Crippen LogP contribution is 2.16. The van der Waals surface area contributed by atoms with Gasteiger partial charge in [0.15, 0.2) is 0 Å². The Morgan fingerprint density at radius 1 is 0.387 bits per heavy atom. The van der Waals surface area contributed by atoms with E-state index in [0.717, 1.165) is 64.2 Å². The van der Waals surface area contributed by atoms with Crippen molar-refractivity contribution in [2.75, 3.05) is 6.61 Å². The Hall–Kier alpha value is -1.73. The molecule has 0 aromatic carbocycles. The first-order valence-electron chi connectivity index (χ1n) is 27.0. The van der Waals surface area contributed by atoms with Gasteiger partial charge in [-0.1, -0.05) is 229 Å². The van der Waals surface area contributed by atoms with Gasteiger partial charge in [-0.25, -0.2) is 0 Å². The van der Waals surface area contributed by atoms with Gasteiger partial charge in [-0.15, -0.1) is 0 Å². The summed E-state index contributed by atoms with van der Waals surface area (Å²) in [6.45, 7) is 4.04. The summed E-state index contributed by atoms with van der Waals surface area (Å²) in [6.07, 6.45) is 63.3. The van der Waals surface area contributed by atoms with E-state index in [1.165, 1.54) is 173 Å². The van der Waals surface area contributed by atoms with E-state index in [0.29, 0.717) is 19.3 Å². The van der Waals surface area contributed by atoms with Crippen LogP contribution >= 0.6 is 0 Å². The van der Waals surface area contributed by atoms with Crippen LogP contribution in [0.25, 0.3) is 0 Å². The van der Waals surface area contributed by atoms with Crippen molar-refractivity contribution in [3.63, 3.8) is 0 Å². The highest BCUT2D eigenvalue weighted by molar-refractivity contribution is 5.80. The Bertz CT molecular complexity index is 1020. The second-order valence-electron chi connectivity index (χ2n) is 18.5. The number of nitrogens with one attached hydrogen (secondary N) is 1. The van der Waals surface area contributed by atoms with Crippen LogP contribution in [0.4, 0.5) is 0 Å². The van der Waals surface area contributed by atoms with Crippen molar-refractivity contribution < 1.29 is 25.2 Å². The van der Waals surface area contributed by atoms with Crippen molar-refractivity contribution in [3.05, 3.63) is 48.6 Å². The summed E-state index contributed by atoms with van der Waals surface area (Å²) < 4.78 is 0. The molecule has 0 aliphatic heterocycles. The van der Waals surface area contributed by atoms with E-state index in [1.807, 2.05) is 0 Å². The molecule has 0 rings (SSSR count). The summed E-state index contributed by atoms with van der Waals surface area (Å²) >= 11 is 0. The maximum absolute atomic E-state index is 12.5. The molecule has 0 saturated carbocycles. The van der Waals surface area contributed by atoms with E-state index in [-0.39, 0.29) is 0 Å². The molecule has 1 amide bonds. The topological polar surface area (TPSA) is 110 Å². The van der Waals surface area contributed by atoms with Gasteiger partial charge in [0.05, 0.1) is 18.8 Å². The Balaban J connectivity index is 3.71. The molecule has 0 fully saturated rings. The van der Waals surface area contributed by atoms with E-state index >= 15 is 0 Å². The molecular weight excluding hydrogens is 767 g/mol. The standard InChI is InChI=1S/C56H105NO5/c1-3-5-7-9-11-13-15-17-19-20-21-22-23-24-25-26-27-28-29-30-31-32-33-34-36-37-39-41-43-45-47-49-53(59)55(61)52(51-58)57-56(62)54(60)50-48-46-44-42-40-38-35-18-16-14-12-10-8-6-4-2/h30-31,34-36,38,41,43,52-55,58-61H,3-29,32-33,37,39-40,42,44-51H2,1-2H3,(H,57,62)/b31-30+,36-34+,38-35-,43-41+. The predicted octanol–water partition coefficient (Wildman–Crippen LogP) is 15.4. The number of hydrogen-bond donors (Lipinski definition) is 5. The lowest BCUT2D eigenvalue weighted by Crippen LogP contribution is -2.53. The van der Waals surface area contributed by atoms with Crippen molar-refractivity contribution >= 4 is 5.91 Å². The summed E-state index contributed by atoms with van der Waals surface area (Å²) in [5.74, 6) is -0.608. The molecule has 0 radical (unpaired) electrons. The third-order valence-corrected chi connectivity index (χ3v) is 12.5. The first kappa shape index (κ1) is 60.3. The molecule has 0 aromatic heterocycles. The van der Waals surface area contributed by atoms with Crippen molar-refractivity contribution in [1.82, 2.24) is 5.32 Å². The van der Waals surface area contributed by atoms with Gasteiger partial charge in [0.2, 0.25) is 5.91 Å². The lowest BCUT2D eigenvalue weighted by Gasteiger charge is -2.27. The van der Waals surface area contributed by atoms with Crippen molar-refractivity contribution in [1.29, 1.82) is 0 Å². The number of hydrogen-bond acceptors (Lipinski definition) is 5. The average molecular weight is 872 g/mol. The SMILES string of the molecule is CCCCCCCCC/C=C\CCCCCCC(O)C(=O)NC(CO)C(O)C(O)CCC/C=C/CC/C=C/CC/C=C/CCCCCCCCCCCCCCCCCCCC. The van der Waals surface area contributed by atoms with E-state index in [1.54, 1.807) is 0 Å². The molecule has 0 aliphatic rings. The monoisotopic (exact) mass is 872 g/mol. The molecule has 4 unspecified atom stereocenters. The fraction of sp³-hybridized carbons (Fsp3) is 0.839. The van der Waals surface area contributed by atoms with Crippen molar-refractivity contribution in [2.24, 2.45) is 0 Å². The molecule has 6 nitrogen and oxygen atoms in total. The number of unbranched alkanes of at least 4 members (excludes halogenated alkanes) is 32. The number of aliphatic hydroxyl groups excluding tert-OH is 4. The van der Waals surface area contributed by atoms with Gasteiger partial charge in [0, 0.05) is 0 Å². The normalized spacial score (nSPS) is 14.2. The fourth-order valence-electron chi connectivity index (χ4n) is 8.20. The summed E-state index contributed by atoms with van der Waals surface area (Å²) in [6, 6.07) is -1.02. The van der Waals surface area contributed by atoms with E-state index < -0.39 is 36.9 Å². The van der Waals surface area contributed by atoms with Gasteiger partial charge in [-0.2, -0.15) is 0 Å². The van der Waals surface area contributed by atoms with Crippen molar-refractivity contribution in [2.45, 2.75) is 295 Å². The lowest BCUT2D eigenvalue weighted by atomic mass is 10.00. The van der Waals surface area contributed by atoms with Crippen LogP contribution in [0.5, 0.6) is 0 Å². The Morgan fingerprint density at radius 3 is 1.02 bits per heavy atom. The highest BCUT2D eigenvalue weighted by Gasteiger charge is 2.28. The maximum atomic E-state index is 12.5. The van der Waals surface area contributed by atoms with E-state index in [4.69, 9.17) is 0 Å². The Morgan fingerprint density at radius 2 is 0.677 bits per heavy atom. The minimum atomic E-state index is -1.30. The number of allylic oxidation sites excluding steroid dienone is 8. The third kappa shape index (κ3) is 43.5. The van der Waals surface area contributed by atoms with Gasteiger partial charge in [0.25, 0.3) is 0 Å². The second-order valence-corrected chi connectivity index (χ2v) is 18.5. The summed E-state index contributed by atoms with van der Waals surface area (Å²) in [4.78, 5) is 12.5. The number of rotatable bonds is 49. The van der Waals surface area contributed by atoms with Crippen LogP contribution in [0, 0.1) is 0 Å². The average Bonchev–Trinajstić information content (AvgIpc) is 3.28. The quantitative estimate of drug-likeness (QED) is 0.0309. The molecule has 62 heavy (non-hydrogen) atoms. The maximum Gasteiger partial charge on any atom is 0.249 e. The molecule has 6 heteroatoms. The first-order chi connectivity index (χ1) is 30.5. The number of carbonyl (C=O) groups excluding carboxylic acids is 1. The number of amides is 1. The van der Waals surface area contributed by atoms with Crippen LogP contribution in [-0.2, 0) is 4.79 Å². The van der Waals surface area contributed by atoms with Gasteiger partial charge < -0.3 is 25.7 Å². The third-order valence-electron chi connectivity index (χ3n) is 12.5. The summed E-state index contributed by atoms with van der Waals surface area (Å²) in [5, 5.41) is 43.8. The van der Waals surface area contributed by atoms with Gasteiger partial charge in [-0.05, 0) is 89.9 Å². The van der Waals surface area contributed by atoms with Crippen LogP contribution < -0.4 is 5.32 Å². The molecule has 0 saturated heterocycles. The van der Waals surface area contributed by atoms with Gasteiger partial charge in [0.1, 0.15) is 12.2 Å². The highest BCUT2D eigenvalue weighted by atomic mass is 16.3. The summed E-state index contributed by atoms with van der Waals surface area (Å²) in [5.41, 5.74) is 0. The minimum Gasteiger partial charge on any atom is -0.394 e. The largest absolute Gasteiger partial charge is 0.394 e. The summed E-state index contributed by atoms with van der Waals surface area (Å²) in [7, 11) is 0. The lowest BCUT2D eigenvalue weighted by molar-refractivity contribution is -0.132. The van der Waals surface area contributed by atoms with Crippen LogP contribution in [0.1, 0.15) is 271 Å². The first-order valence-corrected chi connectivity index (χ1v) is 27.0. The number of carbonyl (C=O) groups is 1. The molecule has 0 heterocycles. The molecule has 0 bridgehead atoms. The fourth-order valence-corrected chi connectivity index (χ4v) is 8.20. The zero-order valence-corrected chi connectivity index (χ0v) is 41.1.